The number of methoxy groups -OCH3 is 1. The minimum atomic E-state index is -0.474. The molecule has 1 amide bonds. The summed E-state index contributed by atoms with van der Waals surface area (Å²) in [6.45, 7) is 4.39. The van der Waals surface area contributed by atoms with Gasteiger partial charge in [-0.05, 0) is 29.8 Å². The number of piperazine rings is 1. The summed E-state index contributed by atoms with van der Waals surface area (Å²) in [5.74, 6) is -0.180. The molecular weight excluding hydrogens is 374 g/mol. The molecule has 9 nitrogen and oxygen atoms in total. The molecule has 0 spiro atoms. The summed E-state index contributed by atoms with van der Waals surface area (Å²) in [5.41, 5.74) is 1.79. The third kappa shape index (κ3) is 5.49. The molecule has 0 radical (unpaired) electrons. The maximum atomic E-state index is 12.8. The average molecular weight is 399 g/mol. The van der Waals surface area contributed by atoms with E-state index in [0.29, 0.717) is 37.5 Å². The topological polar surface area (TPSA) is 101 Å². The van der Waals surface area contributed by atoms with E-state index in [1.54, 1.807) is 36.5 Å². The van der Waals surface area contributed by atoms with E-state index in [9.17, 15) is 14.9 Å². The van der Waals surface area contributed by atoms with Gasteiger partial charge in [-0.2, -0.15) is 0 Å². The first-order chi connectivity index (χ1) is 14.1. The van der Waals surface area contributed by atoms with Crippen LogP contribution in [0.25, 0.3) is 0 Å². The highest BCUT2D eigenvalue weighted by molar-refractivity contribution is 5.95. The molecule has 1 fully saturated rings. The lowest BCUT2D eigenvalue weighted by molar-refractivity contribution is -0.384. The minimum absolute atomic E-state index is 0.108. The highest BCUT2D eigenvalue weighted by Crippen LogP contribution is 2.26. The first kappa shape index (κ1) is 20.7. The van der Waals surface area contributed by atoms with Crippen LogP contribution < -0.4 is 5.32 Å². The van der Waals surface area contributed by atoms with Crippen LogP contribution in [0.15, 0.2) is 42.7 Å². The number of nitro groups is 1. The quantitative estimate of drug-likeness (QED) is 0.412. The van der Waals surface area contributed by atoms with Crippen molar-refractivity contribution in [2.24, 2.45) is 0 Å². The molecule has 1 N–H and O–H groups in total. The molecule has 2 heterocycles. The number of hydrogen-bond donors (Lipinski definition) is 1. The third-order valence-electron chi connectivity index (χ3n) is 4.88. The van der Waals surface area contributed by atoms with Gasteiger partial charge in [0.15, 0.2) is 0 Å². The van der Waals surface area contributed by atoms with Crippen molar-refractivity contribution in [2.75, 3.05) is 51.8 Å². The first-order valence-corrected chi connectivity index (χ1v) is 9.50. The Hall–Kier alpha value is -3.04. The molecule has 29 heavy (non-hydrogen) atoms. The van der Waals surface area contributed by atoms with Gasteiger partial charge in [0.2, 0.25) is 0 Å². The van der Waals surface area contributed by atoms with Crippen LogP contribution in [0.1, 0.15) is 15.9 Å². The second kappa shape index (κ2) is 9.94. The molecule has 1 aromatic heterocycles. The van der Waals surface area contributed by atoms with E-state index in [2.05, 4.69) is 15.2 Å². The largest absolute Gasteiger partial charge is 0.383 e. The van der Waals surface area contributed by atoms with Crippen molar-refractivity contribution in [3.63, 3.8) is 0 Å². The van der Waals surface area contributed by atoms with Gasteiger partial charge in [-0.1, -0.05) is 0 Å². The Morgan fingerprint density at radius 1 is 1.21 bits per heavy atom. The van der Waals surface area contributed by atoms with Gasteiger partial charge in [-0.3, -0.25) is 24.8 Å². The van der Waals surface area contributed by atoms with Crippen LogP contribution in [0.5, 0.6) is 0 Å². The standard InChI is InChI=1S/C20H25N5O4/c1-29-13-8-22-18-3-2-17(14-19(18)25(27)28)20(26)24-11-9-23(10-12-24)15-16-4-6-21-7-5-16/h2-7,14,22H,8-13,15H2,1H3. The van der Waals surface area contributed by atoms with Crippen LogP contribution >= 0.6 is 0 Å². The molecule has 0 saturated carbocycles. The normalized spacial score (nSPS) is 14.6. The molecule has 1 aromatic carbocycles. The Kier molecular flexibility index (Phi) is 7.09. The second-order valence-electron chi connectivity index (χ2n) is 6.83. The number of anilines is 1. The number of hydrogen-bond acceptors (Lipinski definition) is 7. The fourth-order valence-electron chi connectivity index (χ4n) is 3.29. The number of nitro benzene ring substituents is 1. The summed E-state index contributed by atoms with van der Waals surface area (Å²) >= 11 is 0. The maximum Gasteiger partial charge on any atom is 0.293 e. The van der Waals surface area contributed by atoms with Crippen LogP contribution in [0.3, 0.4) is 0 Å². The van der Waals surface area contributed by atoms with Gasteiger partial charge >= 0.3 is 0 Å². The highest BCUT2D eigenvalue weighted by atomic mass is 16.6. The summed E-state index contributed by atoms with van der Waals surface area (Å²) in [6, 6.07) is 8.53. The Bertz CT molecular complexity index is 838. The van der Waals surface area contributed by atoms with Gasteiger partial charge in [0.1, 0.15) is 5.69 Å². The number of ether oxygens (including phenoxy) is 1. The van der Waals surface area contributed by atoms with Crippen molar-refractivity contribution in [1.29, 1.82) is 0 Å². The Morgan fingerprint density at radius 3 is 2.59 bits per heavy atom. The third-order valence-corrected chi connectivity index (χ3v) is 4.88. The van der Waals surface area contributed by atoms with Crippen LogP contribution in [-0.2, 0) is 11.3 Å². The number of benzene rings is 1. The average Bonchev–Trinajstić information content (AvgIpc) is 2.75. The zero-order valence-electron chi connectivity index (χ0n) is 16.4. The SMILES string of the molecule is COCCNc1ccc(C(=O)N2CCN(Cc3ccncc3)CC2)cc1[N+](=O)[O-]. The Labute approximate surface area is 169 Å². The molecule has 0 bridgehead atoms. The van der Waals surface area contributed by atoms with Crippen molar-refractivity contribution in [2.45, 2.75) is 6.54 Å². The number of pyridine rings is 1. The van der Waals surface area contributed by atoms with E-state index < -0.39 is 4.92 Å². The number of amides is 1. The van der Waals surface area contributed by atoms with E-state index >= 15 is 0 Å². The monoisotopic (exact) mass is 399 g/mol. The number of nitrogens with one attached hydrogen (secondary N) is 1. The van der Waals surface area contributed by atoms with Crippen molar-refractivity contribution < 1.29 is 14.5 Å². The molecule has 0 aliphatic carbocycles. The van der Waals surface area contributed by atoms with E-state index in [1.807, 2.05) is 12.1 Å². The number of carbonyl (C=O) groups excluding carboxylic acids is 1. The molecule has 9 heteroatoms. The summed E-state index contributed by atoms with van der Waals surface area (Å²) in [7, 11) is 1.56. The summed E-state index contributed by atoms with van der Waals surface area (Å²) < 4.78 is 4.95. The molecule has 0 atom stereocenters. The van der Waals surface area contributed by atoms with Crippen molar-refractivity contribution in [1.82, 2.24) is 14.8 Å². The van der Waals surface area contributed by atoms with Gasteiger partial charge in [0.05, 0.1) is 11.5 Å². The highest BCUT2D eigenvalue weighted by Gasteiger charge is 2.24. The van der Waals surface area contributed by atoms with Crippen LogP contribution in [0.4, 0.5) is 11.4 Å². The number of rotatable bonds is 8. The zero-order chi connectivity index (χ0) is 20.6. The minimum Gasteiger partial charge on any atom is -0.383 e. The molecule has 3 rings (SSSR count). The van der Waals surface area contributed by atoms with Crippen molar-refractivity contribution in [3.05, 3.63) is 64.0 Å². The predicted octanol–water partition coefficient (Wildman–Crippen LogP) is 2.01. The molecule has 0 unspecified atom stereocenters. The smallest absolute Gasteiger partial charge is 0.293 e. The molecular formula is C20H25N5O4. The lowest BCUT2D eigenvalue weighted by atomic mass is 10.1. The van der Waals surface area contributed by atoms with Gasteiger partial charge < -0.3 is 15.0 Å². The molecule has 1 aliphatic rings. The molecule has 154 valence electrons. The molecule has 2 aromatic rings. The molecule has 1 aliphatic heterocycles. The predicted molar refractivity (Wildman–Crippen MR) is 109 cm³/mol. The van der Waals surface area contributed by atoms with Crippen LogP contribution in [-0.4, -0.2) is 72.1 Å². The summed E-state index contributed by atoms with van der Waals surface area (Å²) in [4.78, 5) is 31.8. The lowest BCUT2D eigenvalue weighted by Gasteiger charge is -2.34. The van der Waals surface area contributed by atoms with E-state index in [0.717, 1.165) is 19.6 Å². The number of carbonyl (C=O) groups is 1. The Balaban J connectivity index is 1.61. The van der Waals surface area contributed by atoms with Gasteiger partial charge in [0, 0.05) is 70.4 Å². The summed E-state index contributed by atoms with van der Waals surface area (Å²) in [6.07, 6.45) is 3.55. The summed E-state index contributed by atoms with van der Waals surface area (Å²) in [5, 5.41) is 14.4. The molecule has 1 saturated heterocycles. The van der Waals surface area contributed by atoms with Crippen molar-refractivity contribution >= 4 is 17.3 Å². The van der Waals surface area contributed by atoms with Gasteiger partial charge in [-0.25, -0.2) is 0 Å². The van der Waals surface area contributed by atoms with Gasteiger partial charge in [0.25, 0.3) is 11.6 Å². The zero-order valence-corrected chi connectivity index (χ0v) is 16.4. The lowest BCUT2D eigenvalue weighted by Crippen LogP contribution is -2.48. The fourth-order valence-corrected chi connectivity index (χ4v) is 3.29. The number of aromatic nitrogens is 1. The fraction of sp³-hybridized carbons (Fsp3) is 0.400. The van der Waals surface area contributed by atoms with Crippen LogP contribution in [0, 0.1) is 10.1 Å². The number of nitrogens with zero attached hydrogens (tertiary/aromatic N) is 4. The first-order valence-electron chi connectivity index (χ1n) is 9.50. The van der Waals surface area contributed by atoms with Gasteiger partial charge in [-0.15, -0.1) is 0 Å². The van der Waals surface area contributed by atoms with Crippen molar-refractivity contribution in [3.8, 4) is 0 Å². The van der Waals surface area contributed by atoms with E-state index in [1.165, 1.54) is 11.6 Å². The maximum absolute atomic E-state index is 12.8. The van der Waals surface area contributed by atoms with E-state index in [-0.39, 0.29) is 11.6 Å². The van der Waals surface area contributed by atoms with E-state index in [4.69, 9.17) is 4.74 Å². The van der Waals surface area contributed by atoms with Crippen LogP contribution in [0.2, 0.25) is 0 Å². The Morgan fingerprint density at radius 2 is 1.93 bits per heavy atom. The second-order valence-corrected chi connectivity index (χ2v) is 6.83.